The molecule has 0 bridgehead atoms. The van der Waals surface area contributed by atoms with E-state index < -0.39 is 0 Å². The fourth-order valence-electron chi connectivity index (χ4n) is 0.848. The molecular weight excluding hydrogens is 156 g/mol. The van der Waals surface area contributed by atoms with Crippen LogP contribution in [0.5, 0.6) is 0 Å². The van der Waals surface area contributed by atoms with Crippen molar-refractivity contribution in [3.05, 3.63) is 35.4 Å². The summed E-state index contributed by atoms with van der Waals surface area (Å²) in [6.45, 7) is 8.17. The molecule has 0 saturated heterocycles. The van der Waals surface area contributed by atoms with E-state index in [9.17, 15) is 0 Å². The van der Waals surface area contributed by atoms with Gasteiger partial charge in [-0.3, -0.25) is 0 Å². The maximum Gasteiger partial charge on any atom is 0.0274 e. The highest BCUT2D eigenvalue weighted by Gasteiger charge is 1.88. The van der Waals surface area contributed by atoms with Gasteiger partial charge in [0.2, 0.25) is 0 Å². The molecule has 0 unspecified atom stereocenters. The molecule has 0 N–H and O–H groups in total. The Hall–Kier alpha value is -1.22. The quantitative estimate of drug-likeness (QED) is 0.525. The lowest BCUT2D eigenvalue weighted by Gasteiger charge is -1.93. The molecule has 13 heavy (non-hydrogen) atoms. The molecule has 0 heterocycles. The van der Waals surface area contributed by atoms with Gasteiger partial charge >= 0.3 is 0 Å². The van der Waals surface area contributed by atoms with E-state index in [1.165, 1.54) is 12.0 Å². The Morgan fingerprint density at radius 2 is 1.69 bits per heavy atom. The topological polar surface area (TPSA) is 0 Å². The Kier molecular flexibility index (Phi) is 6.73. The molecule has 0 nitrogen and oxygen atoms in total. The van der Waals surface area contributed by atoms with Gasteiger partial charge in [-0.15, -0.1) is 5.92 Å². The first-order chi connectivity index (χ1) is 6.26. The van der Waals surface area contributed by atoms with Crippen LogP contribution in [0.3, 0.4) is 0 Å². The van der Waals surface area contributed by atoms with Crippen molar-refractivity contribution >= 4 is 0 Å². The second-order valence-corrected chi connectivity index (χ2v) is 2.90. The van der Waals surface area contributed by atoms with E-state index in [4.69, 9.17) is 0 Å². The van der Waals surface area contributed by atoms with Crippen molar-refractivity contribution < 1.29 is 0 Å². The van der Waals surface area contributed by atoms with Crippen LogP contribution in [0, 0.1) is 18.8 Å². The van der Waals surface area contributed by atoms with E-state index in [-0.39, 0.29) is 0 Å². The van der Waals surface area contributed by atoms with Crippen molar-refractivity contribution in [3.63, 3.8) is 0 Å². The normalized spacial score (nSPS) is 7.69. The largest absolute Gasteiger partial charge is 0.101 e. The number of benzene rings is 1. The molecule has 0 fully saturated rings. The van der Waals surface area contributed by atoms with E-state index in [2.05, 4.69) is 38.7 Å². The Labute approximate surface area is 82.0 Å². The maximum absolute atomic E-state index is 3.03. The third-order valence-electron chi connectivity index (χ3n) is 1.40. The summed E-state index contributed by atoms with van der Waals surface area (Å²) in [4.78, 5) is 0. The van der Waals surface area contributed by atoms with E-state index in [0.717, 1.165) is 5.56 Å². The molecule has 70 valence electrons. The summed E-state index contributed by atoms with van der Waals surface area (Å²) in [6, 6.07) is 8.13. The van der Waals surface area contributed by atoms with Gasteiger partial charge in [0, 0.05) is 5.56 Å². The van der Waals surface area contributed by atoms with Crippen LogP contribution in [-0.2, 0) is 0 Å². The average molecular weight is 174 g/mol. The monoisotopic (exact) mass is 174 g/mol. The van der Waals surface area contributed by atoms with Gasteiger partial charge in [-0.25, -0.2) is 0 Å². The fraction of sp³-hybridized carbons (Fsp3) is 0.385. The molecule has 1 aromatic rings. The van der Waals surface area contributed by atoms with Crippen LogP contribution < -0.4 is 0 Å². The first-order valence-corrected chi connectivity index (χ1v) is 4.74. The summed E-state index contributed by atoms with van der Waals surface area (Å²) in [5.41, 5.74) is 2.38. The molecule has 0 aliphatic heterocycles. The molecule has 0 heteroatoms. The van der Waals surface area contributed by atoms with Gasteiger partial charge in [0.1, 0.15) is 0 Å². The predicted molar refractivity (Wildman–Crippen MR) is 59.7 cm³/mol. The fourth-order valence-corrected chi connectivity index (χ4v) is 0.848. The van der Waals surface area contributed by atoms with Gasteiger partial charge in [-0.2, -0.15) is 0 Å². The minimum Gasteiger partial charge on any atom is -0.101 e. The van der Waals surface area contributed by atoms with Crippen LogP contribution in [0.25, 0.3) is 0 Å². The molecule has 1 aromatic carbocycles. The average Bonchev–Trinajstić information content (AvgIpc) is 2.11. The van der Waals surface area contributed by atoms with Gasteiger partial charge in [-0.05, 0) is 25.5 Å². The van der Waals surface area contributed by atoms with E-state index in [1.54, 1.807) is 0 Å². The molecule has 0 aromatic heterocycles. The number of hydrogen-bond donors (Lipinski definition) is 0. The molecule has 0 saturated carbocycles. The van der Waals surface area contributed by atoms with Gasteiger partial charge in [0.25, 0.3) is 0 Å². The number of hydrogen-bond acceptors (Lipinski definition) is 0. The maximum atomic E-state index is 3.03. The van der Waals surface area contributed by atoms with Crippen molar-refractivity contribution in [1.29, 1.82) is 0 Å². The minimum atomic E-state index is 1.13. The Morgan fingerprint density at radius 3 is 2.15 bits per heavy atom. The summed E-state index contributed by atoms with van der Waals surface area (Å²) >= 11 is 0. The van der Waals surface area contributed by atoms with Crippen molar-refractivity contribution in [1.82, 2.24) is 0 Å². The third-order valence-corrected chi connectivity index (χ3v) is 1.40. The second-order valence-electron chi connectivity index (χ2n) is 2.90. The van der Waals surface area contributed by atoms with E-state index in [1.807, 2.05) is 25.1 Å². The number of aryl methyl sites for hydroxylation is 1. The van der Waals surface area contributed by atoms with Crippen molar-refractivity contribution in [3.8, 4) is 11.8 Å². The Bertz CT molecular complexity index is 286. The molecule has 0 amide bonds. The van der Waals surface area contributed by atoms with Crippen molar-refractivity contribution in [2.24, 2.45) is 0 Å². The molecular formula is C13H18. The van der Waals surface area contributed by atoms with Crippen LogP contribution >= 0.6 is 0 Å². The molecule has 0 aliphatic carbocycles. The van der Waals surface area contributed by atoms with Crippen LogP contribution in [0.4, 0.5) is 0 Å². The van der Waals surface area contributed by atoms with Crippen molar-refractivity contribution in [2.45, 2.75) is 34.1 Å². The standard InChI is InChI=1S/C10H10.C3H8/c1-3-6-10-8-5-4-7-9(10)2;1-3-2/h4-5,7-8H,1-2H3;3H2,1-2H3. The lowest BCUT2D eigenvalue weighted by atomic mass is 10.1. The highest BCUT2D eigenvalue weighted by Crippen LogP contribution is 2.03. The zero-order valence-electron chi connectivity index (χ0n) is 9.02. The lowest BCUT2D eigenvalue weighted by molar-refractivity contribution is 1.09. The van der Waals surface area contributed by atoms with E-state index in [0.29, 0.717) is 0 Å². The summed E-state index contributed by atoms with van der Waals surface area (Å²) in [7, 11) is 0. The zero-order chi connectivity index (χ0) is 10.1. The van der Waals surface area contributed by atoms with Crippen LogP contribution in [0.15, 0.2) is 24.3 Å². The SMILES string of the molecule is CC#Cc1ccccc1C.CCC. The summed E-state index contributed by atoms with van der Waals surface area (Å²) in [6.07, 6.45) is 1.25. The highest BCUT2D eigenvalue weighted by molar-refractivity contribution is 5.39. The molecule has 0 aliphatic rings. The number of rotatable bonds is 0. The van der Waals surface area contributed by atoms with Gasteiger partial charge < -0.3 is 0 Å². The first-order valence-electron chi connectivity index (χ1n) is 4.74. The third kappa shape index (κ3) is 5.09. The minimum absolute atomic E-state index is 1.13. The van der Waals surface area contributed by atoms with Crippen LogP contribution in [-0.4, -0.2) is 0 Å². The molecule has 0 radical (unpaired) electrons. The van der Waals surface area contributed by atoms with Crippen LogP contribution in [0.2, 0.25) is 0 Å². The highest BCUT2D eigenvalue weighted by atomic mass is 13.9. The second kappa shape index (κ2) is 7.43. The van der Waals surface area contributed by atoms with Crippen molar-refractivity contribution in [2.75, 3.05) is 0 Å². The lowest BCUT2D eigenvalue weighted by Crippen LogP contribution is -1.78. The Morgan fingerprint density at radius 1 is 1.15 bits per heavy atom. The smallest absolute Gasteiger partial charge is 0.0274 e. The molecule has 0 spiro atoms. The van der Waals surface area contributed by atoms with Gasteiger partial charge in [0.05, 0.1) is 0 Å². The summed E-state index contributed by atoms with van der Waals surface area (Å²) in [5.74, 6) is 5.90. The van der Waals surface area contributed by atoms with Crippen LogP contribution in [0.1, 0.15) is 38.3 Å². The zero-order valence-corrected chi connectivity index (χ0v) is 9.02. The summed E-state index contributed by atoms with van der Waals surface area (Å²) in [5, 5.41) is 0. The van der Waals surface area contributed by atoms with Gasteiger partial charge in [0.15, 0.2) is 0 Å². The Balaban J connectivity index is 0.000000424. The first kappa shape index (κ1) is 11.8. The molecule has 0 atom stereocenters. The summed E-state index contributed by atoms with van der Waals surface area (Å²) < 4.78 is 0. The predicted octanol–water partition coefficient (Wildman–Crippen LogP) is 3.78. The van der Waals surface area contributed by atoms with Gasteiger partial charge in [-0.1, -0.05) is 44.4 Å². The van der Waals surface area contributed by atoms with E-state index >= 15 is 0 Å². The molecule has 1 rings (SSSR count).